The predicted octanol–water partition coefficient (Wildman–Crippen LogP) is 2.93. The molecule has 0 amide bonds. The molecule has 0 radical (unpaired) electrons. The highest BCUT2D eigenvalue weighted by atomic mass is 16.5. The Kier molecular flexibility index (Phi) is 4.64. The van der Waals surface area contributed by atoms with E-state index in [1.54, 1.807) is 7.11 Å². The summed E-state index contributed by atoms with van der Waals surface area (Å²) in [5.74, 6) is 0.948. The summed E-state index contributed by atoms with van der Waals surface area (Å²) < 4.78 is 5.56. The van der Waals surface area contributed by atoms with Crippen molar-refractivity contribution >= 4 is 0 Å². The van der Waals surface area contributed by atoms with Crippen molar-refractivity contribution < 1.29 is 4.74 Å². The van der Waals surface area contributed by atoms with Crippen LogP contribution in [0.15, 0.2) is 42.7 Å². The average Bonchev–Trinajstić information content (AvgIpc) is 2.97. The number of benzene rings is 1. The van der Waals surface area contributed by atoms with E-state index in [1.165, 1.54) is 16.7 Å². The Morgan fingerprint density at radius 2 is 2.00 bits per heavy atom. The Hall–Kier alpha value is -1.91. The van der Waals surface area contributed by atoms with E-state index in [9.17, 15) is 0 Å². The van der Waals surface area contributed by atoms with Crippen LogP contribution in [0.25, 0.3) is 11.1 Å². The first-order valence-corrected chi connectivity index (χ1v) is 8.13. The Morgan fingerprint density at radius 1 is 1.22 bits per heavy atom. The summed E-state index contributed by atoms with van der Waals surface area (Å²) in [6, 6.07) is 10.5. The zero-order valence-electron chi connectivity index (χ0n) is 14.0. The maximum atomic E-state index is 5.92. The van der Waals surface area contributed by atoms with Gasteiger partial charge in [-0.05, 0) is 60.3 Å². The van der Waals surface area contributed by atoms with Crippen molar-refractivity contribution in [3.05, 3.63) is 48.3 Å². The van der Waals surface area contributed by atoms with Crippen molar-refractivity contribution in [1.82, 2.24) is 9.88 Å². The summed E-state index contributed by atoms with van der Waals surface area (Å²) in [5.41, 5.74) is 9.77. The molecule has 1 aromatic carbocycles. The zero-order valence-corrected chi connectivity index (χ0v) is 14.0. The largest absolute Gasteiger partial charge is 0.496 e. The van der Waals surface area contributed by atoms with Crippen molar-refractivity contribution in [2.75, 3.05) is 26.7 Å². The highest BCUT2D eigenvalue weighted by Gasteiger charge is 2.32. The van der Waals surface area contributed by atoms with Crippen LogP contribution in [0.2, 0.25) is 0 Å². The number of aromatic nitrogens is 1. The molecule has 0 saturated carbocycles. The smallest absolute Gasteiger partial charge is 0.123 e. The van der Waals surface area contributed by atoms with Gasteiger partial charge in [-0.1, -0.05) is 13.0 Å². The Bertz CT molecular complexity index is 659. The van der Waals surface area contributed by atoms with Crippen LogP contribution in [0, 0.1) is 5.41 Å². The second kappa shape index (κ2) is 6.69. The van der Waals surface area contributed by atoms with Gasteiger partial charge < -0.3 is 10.5 Å². The van der Waals surface area contributed by atoms with E-state index in [0.717, 1.165) is 38.3 Å². The lowest BCUT2D eigenvalue weighted by Gasteiger charge is -2.23. The first-order chi connectivity index (χ1) is 11.1. The number of ether oxygens (including phenoxy) is 1. The third-order valence-corrected chi connectivity index (χ3v) is 4.82. The van der Waals surface area contributed by atoms with E-state index in [2.05, 4.69) is 35.0 Å². The molecule has 1 aliphatic heterocycles. The molecular weight excluding hydrogens is 286 g/mol. The fourth-order valence-corrected chi connectivity index (χ4v) is 3.29. The molecular formula is C19H25N3O. The summed E-state index contributed by atoms with van der Waals surface area (Å²) in [6.45, 7) is 6.06. The maximum absolute atomic E-state index is 5.92. The van der Waals surface area contributed by atoms with Gasteiger partial charge in [0.05, 0.1) is 7.11 Å². The van der Waals surface area contributed by atoms with E-state index in [-0.39, 0.29) is 5.41 Å². The van der Waals surface area contributed by atoms with Crippen molar-refractivity contribution in [3.8, 4) is 16.9 Å². The van der Waals surface area contributed by atoms with Crippen LogP contribution in [0.3, 0.4) is 0 Å². The lowest BCUT2D eigenvalue weighted by atomic mass is 9.90. The van der Waals surface area contributed by atoms with Crippen molar-refractivity contribution in [2.45, 2.75) is 19.9 Å². The van der Waals surface area contributed by atoms with Crippen LogP contribution in [0.5, 0.6) is 5.75 Å². The second-order valence-electron chi connectivity index (χ2n) is 6.74. The highest BCUT2D eigenvalue weighted by molar-refractivity contribution is 5.65. The van der Waals surface area contributed by atoms with Crippen LogP contribution in [-0.2, 0) is 6.54 Å². The first-order valence-electron chi connectivity index (χ1n) is 8.13. The summed E-state index contributed by atoms with van der Waals surface area (Å²) in [7, 11) is 1.74. The SMILES string of the molecule is COc1ccc(-c2ccncc2)cc1CN1CCC(C)(CN)C1. The Balaban J connectivity index is 1.83. The highest BCUT2D eigenvalue weighted by Crippen LogP contribution is 2.32. The van der Waals surface area contributed by atoms with E-state index < -0.39 is 0 Å². The number of rotatable bonds is 5. The molecule has 2 heterocycles. The molecule has 0 aliphatic carbocycles. The molecule has 0 spiro atoms. The molecule has 4 nitrogen and oxygen atoms in total. The molecule has 1 atom stereocenters. The lowest BCUT2D eigenvalue weighted by molar-refractivity contribution is 0.270. The number of pyridine rings is 1. The quantitative estimate of drug-likeness (QED) is 0.922. The fraction of sp³-hybridized carbons (Fsp3) is 0.421. The number of hydrogen-bond acceptors (Lipinski definition) is 4. The molecule has 23 heavy (non-hydrogen) atoms. The number of nitrogens with zero attached hydrogens (tertiary/aromatic N) is 2. The molecule has 1 saturated heterocycles. The molecule has 1 aliphatic rings. The van der Waals surface area contributed by atoms with Gasteiger partial charge >= 0.3 is 0 Å². The van der Waals surface area contributed by atoms with Gasteiger partial charge in [0, 0.05) is 31.0 Å². The molecule has 2 aromatic rings. The van der Waals surface area contributed by atoms with Gasteiger partial charge in [-0.15, -0.1) is 0 Å². The minimum absolute atomic E-state index is 0.246. The van der Waals surface area contributed by atoms with Gasteiger partial charge in [0.25, 0.3) is 0 Å². The Labute approximate surface area is 138 Å². The Morgan fingerprint density at radius 3 is 2.65 bits per heavy atom. The van der Waals surface area contributed by atoms with Crippen molar-refractivity contribution in [1.29, 1.82) is 0 Å². The first kappa shape index (κ1) is 16.0. The van der Waals surface area contributed by atoms with Gasteiger partial charge in [0.15, 0.2) is 0 Å². The molecule has 1 fully saturated rings. The molecule has 2 N–H and O–H groups in total. The number of likely N-dealkylation sites (tertiary alicyclic amines) is 1. The van der Waals surface area contributed by atoms with Crippen molar-refractivity contribution in [3.63, 3.8) is 0 Å². The normalized spacial score (nSPS) is 21.5. The minimum Gasteiger partial charge on any atom is -0.496 e. The standard InChI is InChI=1S/C19H25N3O/c1-19(13-20)7-10-22(14-19)12-17-11-16(3-4-18(17)23-2)15-5-8-21-9-6-15/h3-6,8-9,11H,7,10,12-14,20H2,1-2H3. The van der Waals surface area contributed by atoms with Gasteiger partial charge in [-0.2, -0.15) is 0 Å². The predicted molar refractivity (Wildman–Crippen MR) is 93.3 cm³/mol. The molecule has 1 aromatic heterocycles. The van der Waals surface area contributed by atoms with Crippen LogP contribution in [-0.4, -0.2) is 36.6 Å². The topological polar surface area (TPSA) is 51.4 Å². The number of nitrogens with two attached hydrogens (primary N) is 1. The third kappa shape index (κ3) is 3.54. The summed E-state index contributed by atoms with van der Waals surface area (Å²) >= 11 is 0. The molecule has 1 unspecified atom stereocenters. The zero-order chi connectivity index (χ0) is 16.3. The fourth-order valence-electron chi connectivity index (χ4n) is 3.29. The molecule has 122 valence electrons. The van der Waals surface area contributed by atoms with E-state index in [4.69, 9.17) is 10.5 Å². The molecule has 0 bridgehead atoms. The number of hydrogen-bond donors (Lipinski definition) is 1. The number of methoxy groups -OCH3 is 1. The van der Waals surface area contributed by atoms with E-state index >= 15 is 0 Å². The van der Waals surface area contributed by atoms with Gasteiger partial charge in [0.1, 0.15) is 5.75 Å². The molecule has 4 heteroatoms. The van der Waals surface area contributed by atoms with Crippen molar-refractivity contribution in [2.24, 2.45) is 11.1 Å². The van der Waals surface area contributed by atoms with Gasteiger partial charge in [0.2, 0.25) is 0 Å². The summed E-state index contributed by atoms with van der Waals surface area (Å²) in [5, 5.41) is 0. The van der Waals surface area contributed by atoms with Gasteiger partial charge in [-0.25, -0.2) is 0 Å². The minimum atomic E-state index is 0.246. The van der Waals surface area contributed by atoms with Crippen LogP contribution < -0.4 is 10.5 Å². The summed E-state index contributed by atoms with van der Waals surface area (Å²) in [6.07, 6.45) is 4.81. The van der Waals surface area contributed by atoms with Crippen LogP contribution in [0.4, 0.5) is 0 Å². The third-order valence-electron chi connectivity index (χ3n) is 4.82. The van der Waals surface area contributed by atoms with E-state index in [0.29, 0.717) is 0 Å². The maximum Gasteiger partial charge on any atom is 0.123 e. The molecule has 3 rings (SSSR count). The van der Waals surface area contributed by atoms with Crippen LogP contribution in [0.1, 0.15) is 18.9 Å². The van der Waals surface area contributed by atoms with Crippen LogP contribution >= 0.6 is 0 Å². The monoisotopic (exact) mass is 311 g/mol. The van der Waals surface area contributed by atoms with Gasteiger partial charge in [-0.3, -0.25) is 9.88 Å². The average molecular weight is 311 g/mol. The second-order valence-corrected chi connectivity index (χ2v) is 6.74. The van der Waals surface area contributed by atoms with E-state index in [1.807, 2.05) is 24.5 Å². The summed E-state index contributed by atoms with van der Waals surface area (Å²) in [4.78, 5) is 6.56. The lowest BCUT2D eigenvalue weighted by Crippen LogP contribution is -2.31.